The third-order valence-corrected chi connectivity index (χ3v) is 7.62. The first-order valence-corrected chi connectivity index (χ1v) is 8.98. The van der Waals surface area contributed by atoms with Crippen LogP contribution in [0, 0.1) is 28.6 Å². The van der Waals surface area contributed by atoms with Crippen molar-refractivity contribution in [1.82, 2.24) is 0 Å². The summed E-state index contributed by atoms with van der Waals surface area (Å²) in [5.41, 5.74) is 0.283. The minimum absolute atomic E-state index is 0.00921. The van der Waals surface area contributed by atoms with Crippen LogP contribution >= 0.6 is 0 Å². The number of hydrogen-bond donors (Lipinski definition) is 2. The maximum absolute atomic E-state index is 12.4. The quantitative estimate of drug-likeness (QED) is 0.573. The predicted molar refractivity (Wildman–Crippen MR) is 84.5 cm³/mol. The molecule has 3 saturated carbocycles. The van der Waals surface area contributed by atoms with Gasteiger partial charge in [0.05, 0.1) is 11.5 Å². The van der Waals surface area contributed by atoms with Gasteiger partial charge < -0.3 is 15.0 Å². The molecule has 0 bridgehead atoms. The van der Waals surface area contributed by atoms with Gasteiger partial charge in [-0.15, -0.1) is 0 Å². The molecule has 0 spiro atoms. The van der Waals surface area contributed by atoms with E-state index in [-0.39, 0.29) is 23.7 Å². The van der Waals surface area contributed by atoms with Gasteiger partial charge in [-0.1, -0.05) is 18.6 Å². The lowest BCUT2D eigenvalue weighted by molar-refractivity contribution is -0.138. The fourth-order valence-electron chi connectivity index (χ4n) is 6.35. The zero-order valence-electron chi connectivity index (χ0n) is 13.7. The Kier molecular flexibility index (Phi) is 3.37. The third-order valence-electron chi connectivity index (χ3n) is 7.62. The van der Waals surface area contributed by atoms with Crippen molar-refractivity contribution < 1.29 is 19.8 Å². The van der Waals surface area contributed by atoms with E-state index >= 15 is 0 Å². The molecule has 23 heavy (non-hydrogen) atoms. The number of Topliss-reactive ketones (excluding diaryl/α,β-unsaturated/α-hetero) is 1. The van der Waals surface area contributed by atoms with Gasteiger partial charge in [0.25, 0.3) is 0 Å². The van der Waals surface area contributed by atoms with Crippen LogP contribution in [0.25, 0.3) is 0 Å². The second-order valence-corrected chi connectivity index (χ2v) is 8.47. The number of hydrogen-bond acceptors (Lipinski definition) is 4. The van der Waals surface area contributed by atoms with Crippen molar-refractivity contribution in [1.29, 1.82) is 0 Å². The largest absolute Gasteiger partial charge is 0.393 e. The first-order valence-electron chi connectivity index (χ1n) is 8.98. The Balaban J connectivity index is 1.73. The molecular weight excluding hydrogens is 292 g/mol. The van der Waals surface area contributed by atoms with Gasteiger partial charge in [-0.3, -0.25) is 4.79 Å². The van der Waals surface area contributed by atoms with Crippen LogP contribution in [0.1, 0.15) is 51.9 Å². The van der Waals surface area contributed by atoms with E-state index in [9.17, 15) is 19.8 Å². The van der Waals surface area contributed by atoms with Crippen molar-refractivity contribution in [3.63, 3.8) is 0 Å². The first kappa shape index (κ1) is 15.5. The van der Waals surface area contributed by atoms with Crippen molar-refractivity contribution in [2.24, 2.45) is 28.6 Å². The van der Waals surface area contributed by atoms with Gasteiger partial charge in [-0.2, -0.15) is 0 Å². The third kappa shape index (κ3) is 1.91. The Labute approximate surface area is 137 Å². The van der Waals surface area contributed by atoms with Crippen LogP contribution in [0.15, 0.2) is 11.6 Å². The molecule has 0 radical (unpaired) electrons. The van der Waals surface area contributed by atoms with Crippen molar-refractivity contribution in [3.8, 4) is 0 Å². The summed E-state index contributed by atoms with van der Waals surface area (Å²) in [6, 6.07) is 0. The molecule has 4 rings (SSSR count). The minimum atomic E-state index is -0.825. The van der Waals surface area contributed by atoms with Crippen molar-refractivity contribution in [3.05, 3.63) is 11.6 Å². The summed E-state index contributed by atoms with van der Waals surface area (Å²) in [6.45, 7) is 2.02. The van der Waals surface area contributed by atoms with Crippen LogP contribution in [0.4, 0.5) is 0 Å². The van der Waals surface area contributed by atoms with Gasteiger partial charge in [-0.05, 0) is 62.7 Å². The predicted octanol–water partition coefficient (Wildman–Crippen LogP) is 2.03. The van der Waals surface area contributed by atoms with E-state index in [1.165, 1.54) is 0 Å². The molecule has 0 aromatic heterocycles. The molecule has 0 amide bonds. The molecule has 0 aromatic carbocycles. The summed E-state index contributed by atoms with van der Waals surface area (Å²) in [7, 11) is 0. The second-order valence-electron chi connectivity index (χ2n) is 8.47. The number of fused-ring (bicyclic) bond motifs is 5. The van der Waals surface area contributed by atoms with Gasteiger partial charge in [-0.25, -0.2) is 0 Å². The molecule has 2 N–H and O–H groups in total. The number of allylic oxidation sites excluding steroid dienone is 1. The lowest BCUT2D eigenvalue weighted by atomic mass is 9.48. The van der Waals surface area contributed by atoms with Gasteiger partial charge in [0.1, 0.15) is 12.4 Å². The van der Waals surface area contributed by atoms with E-state index in [0.29, 0.717) is 25.2 Å². The molecule has 4 nitrogen and oxygen atoms in total. The van der Waals surface area contributed by atoms with Crippen LogP contribution in [-0.4, -0.2) is 34.5 Å². The van der Waals surface area contributed by atoms with Crippen molar-refractivity contribution in [2.45, 2.75) is 64.1 Å². The molecule has 0 aromatic rings. The number of aliphatic hydroxyl groups excluding tert-OH is 2. The Morgan fingerprint density at radius 2 is 2.00 bits per heavy atom. The fourth-order valence-corrected chi connectivity index (χ4v) is 6.35. The van der Waals surface area contributed by atoms with E-state index in [1.54, 1.807) is 0 Å². The highest BCUT2D eigenvalue weighted by molar-refractivity contribution is 5.91. The topological polar surface area (TPSA) is 74.6 Å². The van der Waals surface area contributed by atoms with Crippen LogP contribution in [0.2, 0.25) is 0 Å². The molecule has 4 aliphatic rings. The lowest BCUT2D eigenvalue weighted by Crippen LogP contribution is -2.52. The van der Waals surface area contributed by atoms with E-state index in [2.05, 4.69) is 6.08 Å². The normalized spacial score (nSPS) is 52.2. The molecule has 126 valence electrons. The Bertz CT molecular complexity index is 582. The highest BCUT2D eigenvalue weighted by Gasteiger charge is 2.61. The highest BCUT2D eigenvalue weighted by atomic mass is 16.3. The summed E-state index contributed by atoms with van der Waals surface area (Å²) >= 11 is 0. The molecule has 2 unspecified atom stereocenters. The molecular formula is C19H26O4. The zero-order chi connectivity index (χ0) is 16.4. The summed E-state index contributed by atoms with van der Waals surface area (Å²) in [6.07, 6.45) is 7.27. The van der Waals surface area contributed by atoms with Crippen LogP contribution in [0.5, 0.6) is 0 Å². The number of carbonyl (C=O) groups is 2. The lowest BCUT2D eigenvalue weighted by Gasteiger charge is -2.55. The zero-order valence-corrected chi connectivity index (χ0v) is 13.7. The molecule has 0 saturated heterocycles. The average molecular weight is 318 g/mol. The molecule has 4 aliphatic carbocycles. The smallest absolute Gasteiger partial charge is 0.167 e. The molecule has 7 atom stereocenters. The van der Waals surface area contributed by atoms with Crippen molar-refractivity contribution in [2.75, 3.05) is 0 Å². The van der Waals surface area contributed by atoms with Gasteiger partial charge >= 0.3 is 0 Å². The number of aldehydes is 1. The van der Waals surface area contributed by atoms with E-state index in [4.69, 9.17) is 0 Å². The highest BCUT2D eigenvalue weighted by Crippen LogP contribution is 2.63. The second kappa shape index (κ2) is 5.00. The maximum atomic E-state index is 12.4. The Morgan fingerprint density at radius 3 is 2.74 bits per heavy atom. The number of rotatable bonds is 1. The van der Waals surface area contributed by atoms with Gasteiger partial charge in [0.2, 0.25) is 0 Å². The number of aliphatic hydroxyl groups is 2. The van der Waals surface area contributed by atoms with E-state index < -0.39 is 16.9 Å². The van der Waals surface area contributed by atoms with Crippen molar-refractivity contribution >= 4 is 12.1 Å². The number of carbonyl (C=O) groups excluding carboxylic acids is 2. The summed E-state index contributed by atoms with van der Waals surface area (Å²) in [5.74, 6) is 0.767. The number of ketones is 1. The standard InChI is InChI=1S/C19H26O4/c1-18-6-5-14-13(15(18)9-16(22)17(18)23)3-2-11-8-12(21)4-7-19(11,14)10-20/h2,10,12-16,21-22H,3-9H2,1H3/t12?,13-,14+,15+,16?,18+,19-/m1/s1. The summed E-state index contributed by atoms with van der Waals surface area (Å²) in [5, 5.41) is 20.1. The van der Waals surface area contributed by atoms with Gasteiger partial charge in [0, 0.05) is 5.41 Å². The van der Waals surface area contributed by atoms with E-state index in [1.807, 2.05) is 6.92 Å². The maximum Gasteiger partial charge on any atom is 0.167 e. The summed E-state index contributed by atoms with van der Waals surface area (Å²) < 4.78 is 0. The van der Waals surface area contributed by atoms with Crippen LogP contribution < -0.4 is 0 Å². The van der Waals surface area contributed by atoms with Crippen LogP contribution in [-0.2, 0) is 9.59 Å². The Hall–Kier alpha value is -1.00. The minimum Gasteiger partial charge on any atom is -0.393 e. The van der Waals surface area contributed by atoms with E-state index in [0.717, 1.165) is 37.5 Å². The molecule has 0 heterocycles. The first-order chi connectivity index (χ1) is 10.9. The summed E-state index contributed by atoms with van der Waals surface area (Å²) in [4.78, 5) is 24.6. The monoisotopic (exact) mass is 318 g/mol. The molecule has 4 heteroatoms. The molecule has 3 fully saturated rings. The SMILES string of the molecule is C[C@]12CC[C@H]3[C@@H](CC=C4CC(O)CC[C@@]43C=O)[C@@H]1CC(O)C2=O. The van der Waals surface area contributed by atoms with Crippen LogP contribution in [0.3, 0.4) is 0 Å². The average Bonchev–Trinajstić information content (AvgIpc) is 2.78. The Morgan fingerprint density at radius 1 is 1.22 bits per heavy atom. The van der Waals surface area contributed by atoms with Gasteiger partial charge in [0.15, 0.2) is 5.78 Å². The molecule has 0 aliphatic heterocycles. The fraction of sp³-hybridized carbons (Fsp3) is 0.789.